The van der Waals surface area contributed by atoms with Crippen LogP contribution in [0.25, 0.3) is 0 Å². The Kier molecular flexibility index (Phi) is 6.67. The third-order valence-electron chi connectivity index (χ3n) is 3.05. The second-order valence-corrected chi connectivity index (χ2v) is 6.40. The van der Waals surface area contributed by atoms with Crippen molar-refractivity contribution in [3.8, 4) is 5.75 Å². The van der Waals surface area contributed by atoms with Gasteiger partial charge >= 0.3 is 0 Å². The summed E-state index contributed by atoms with van der Waals surface area (Å²) in [6.07, 6.45) is -0.398. The Bertz CT molecular complexity index is 779. The van der Waals surface area contributed by atoms with Crippen LogP contribution in [-0.4, -0.2) is 17.9 Å². The fourth-order valence-corrected chi connectivity index (χ4v) is 2.39. The molecule has 25 heavy (non-hydrogen) atoms. The molecule has 0 atom stereocenters. The van der Waals surface area contributed by atoms with Gasteiger partial charge < -0.3 is 15.4 Å². The standard InChI is InChI=1S/C18H18Cl2N2O3/c1-11(2)25-16-6-4-3-5-14(16)21-17(23)10-18(24)22-15-9-12(19)7-8-13(15)20/h3-9,11H,10H2,1-2H3,(H,21,23)(H,22,24). The van der Waals surface area contributed by atoms with Gasteiger partial charge in [0.05, 0.1) is 22.5 Å². The highest BCUT2D eigenvalue weighted by molar-refractivity contribution is 6.35. The molecule has 2 rings (SSSR count). The van der Waals surface area contributed by atoms with E-state index in [0.717, 1.165) is 0 Å². The minimum absolute atomic E-state index is 0.0358. The van der Waals surface area contributed by atoms with Gasteiger partial charge in [-0.25, -0.2) is 0 Å². The summed E-state index contributed by atoms with van der Waals surface area (Å²) >= 11 is 11.9. The lowest BCUT2D eigenvalue weighted by Gasteiger charge is -2.14. The van der Waals surface area contributed by atoms with E-state index in [1.54, 1.807) is 36.4 Å². The minimum Gasteiger partial charge on any atom is -0.489 e. The highest BCUT2D eigenvalue weighted by atomic mass is 35.5. The number of amides is 2. The molecule has 0 heterocycles. The summed E-state index contributed by atoms with van der Waals surface area (Å²) in [4.78, 5) is 24.2. The molecule has 5 nitrogen and oxygen atoms in total. The molecule has 7 heteroatoms. The quantitative estimate of drug-likeness (QED) is 0.710. The van der Waals surface area contributed by atoms with Crippen molar-refractivity contribution < 1.29 is 14.3 Å². The lowest BCUT2D eigenvalue weighted by Crippen LogP contribution is -2.22. The maximum Gasteiger partial charge on any atom is 0.233 e. The van der Waals surface area contributed by atoms with Crippen LogP contribution >= 0.6 is 23.2 Å². The molecule has 132 valence electrons. The van der Waals surface area contributed by atoms with Gasteiger partial charge in [0.15, 0.2) is 0 Å². The summed E-state index contributed by atoms with van der Waals surface area (Å²) in [6.45, 7) is 3.78. The topological polar surface area (TPSA) is 67.4 Å². The number of carbonyl (C=O) groups is 2. The predicted octanol–water partition coefficient (Wildman–Crippen LogP) is 4.75. The summed E-state index contributed by atoms with van der Waals surface area (Å²) in [6, 6.07) is 11.7. The zero-order valence-corrected chi connectivity index (χ0v) is 15.3. The van der Waals surface area contributed by atoms with Gasteiger partial charge in [-0.1, -0.05) is 35.3 Å². The molecule has 0 bridgehead atoms. The van der Waals surface area contributed by atoms with Crippen molar-refractivity contribution in [2.75, 3.05) is 10.6 Å². The first-order valence-corrected chi connectivity index (χ1v) is 8.41. The summed E-state index contributed by atoms with van der Waals surface area (Å²) in [5.41, 5.74) is 0.866. The van der Waals surface area contributed by atoms with Gasteiger partial charge in [-0.2, -0.15) is 0 Å². The third kappa shape index (κ3) is 5.96. The van der Waals surface area contributed by atoms with E-state index in [1.807, 2.05) is 13.8 Å². The predicted molar refractivity (Wildman–Crippen MR) is 101 cm³/mol. The second kappa shape index (κ2) is 8.74. The van der Waals surface area contributed by atoms with Gasteiger partial charge in [-0.15, -0.1) is 0 Å². The smallest absolute Gasteiger partial charge is 0.233 e. The zero-order valence-electron chi connectivity index (χ0n) is 13.8. The Hall–Kier alpha value is -2.24. The fourth-order valence-electron chi connectivity index (χ4n) is 2.05. The number of benzene rings is 2. The average molecular weight is 381 g/mol. The Balaban J connectivity index is 1.98. The highest BCUT2D eigenvalue weighted by Crippen LogP contribution is 2.26. The molecule has 0 aliphatic rings. The molecule has 0 saturated heterocycles. The number of halogens is 2. The normalized spacial score (nSPS) is 10.4. The SMILES string of the molecule is CC(C)Oc1ccccc1NC(=O)CC(=O)Nc1cc(Cl)ccc1Cl. The van der Waals surface area contributed by atoms with Gasteiger partial charge in [0.2, 0.25) is 11.8 Å². The molecule has 2 amide bonds. The van der Waals surface area contributed by atoms with E-state index in [-0.39, 0.29) is 12.5 Å². The van der Waals surface area contributed by atoms with E-state index in [1.165, 1.54) is 6.07 Å². The van der Waals surface area contributed by atoms with Gasteiger partial charge in [-0.05, 0) is 44.2 Å². The van der Waals surface area contributed by atoms with E-state index < -0.39 is 11.8 Å². The van der Waals surface area contributed by atoms with Gasteiger partial charge in [-0.3, -0.25) is 9.59 Å². The van der Waals surface area contributed by atoms with Crippen molar-refractivity contribution in [2.45, 2.75) is 26.4 Å². The Morgan fingerprint density at radius 3 is 2.32 bits per heavy atom. The minimum atomic E-state index is -0.496. The second-order valence-electron chi connectivity index (χ2n) is 5.56. The lowest BCUT2D eigenvalue weighted by atomic mass is 10.2. The summed E-state index contributed by atoms with van der Waals surface area (Å²) in [7, 11) is 0. The maximum atomic E-state index is 12.1. The van der Waals surface area contributed by atoms with Crippen LogP contribution in [0.5, 0.6) is 5.75 Å². The number of para-hydroxylation sites is 2. The molecule has 0 unspecified atom stereocenters. The molecular formula is C18H18Cl2N2O3. The molecule has 2 aromatic rings. The van der Waals surface area contributed by atoms with Crippen LogP contribution < -0.4 is 15.4 Å². The largest absolute Gasteiger partial charge is 0.489 e. The van der Waals surface area contributed by atoms with Crippen LogP contribution in [0, 0.1) is 0 Å². The number of carbonyl (C=O) groups excluding carboxylic acids is 2. The van der Waals surface area contributed by atoms with E-state index in [0.29, 0.717) is 27.2 Å². The first kappa shape index (κ1) is 19.1. The Labute approximate surface area is 156 Å². The van der Waals surface area contributed by atoms with E-state index in [9.17, 15) is 9.59 Å². The third-order valence-corrected chi connectivity index (χ3v) is 3.61. The van der Waals surface area contributed by atoms with Crippen molar-refractivity contribution in [3.63, 3.8) is 0 Å². The number of anilines is 2. The van der Waals surface area contributed by atoms with Crippen LogP contribution in [0.2, 0.25) is 10.0 Å². The Morgan fingerprint density at radius 2 is 1.64 bits per heavy atom. The summed E-state index contributed by atoms with van der Waals surface area (Å²) in [5, 5.41) is 6.02. The molecule has 0 aliphatic heterocycles. The molecule has 0 spiro atoms. The van der Waals surface area contributed by atoms with E-state index in [4.69, 9.17) is 27.9 Å². The van der Waals surface area contributed by atoms with Gasteiger partial charge in [0.25, 0.3) is 0 Å². The number of hydrogen-bond donors (Lipinski definition) is 2. The number of nitrogens with one attached hydrogen (secondary N) is 2. The van der Waals surface area contributed by atoms with Crippen LogP contribution in [0.1, 0.15) is 20.3 Å². The molecule has 2 aromatic carbocycles. The van der Waals surface area contributed by atoms with Crippen molar-refractivity contribution in [1.82, 2.24) is 0 Å². The molecule has 0 aromatic heterocycles. The highest BCUT2D eigenvalue weighted by Gasteiger charge is 2.14. The zero-order chi connectivity index (χ0) is 18.4. The Morgan fingerprint density at radius 1 is 1.00 bits per heavy atom. The molecule has 0 fully saturated rings. The van der Waals surface area contributed by atoms with E-state index in [2.05, 4.69) is 10.6 Å². The molecule has 0 radical (unpaired) electrons. The van der Waals surface area contributed by atoms with Crippen molar-refractivity contribution >= 4 is 46.4 Å². The lowest BCUT2D eigenvalue weighted by molar-refractivity contribution is -0.123. The van der Waals surface area contributed by atoms with Crippen molar-refractivity contribution in [1.29, 1.82) is 0 Å². The van der Waals surface area contributed by atoms with Gasteiger partial charge in [0.1, 0.15) is 12.2 Å². The van der Waals surface area contributed by atoms with Gasteiger partial charge in [0, 0.05) is 5.02 Å². The first-order chi connectivity index (χ1) is 11.8. The maximum absolute atomic E-state index is 12.1. The van der Waals surface area contributed by atoms with Crippen LogP contribution in [0.3, 0.4) is 0 Å². The number of rotatable bonds is 6. The number of ether oxygens (including phenoxy) is 1. The van der Waals surface area contributed by atoms with Crippen molar-refractivity contribution in [2.24, 2.45) is 0 Å². The molecule has 2 N–H and O–H groups in total. The van der Waals surface area contributed by atoms with Crippen LogP contribution in [0.15, 0.2) is 42.5 Å². The number of hydrogen-bond acceptors (Lipinski definition) is 3. The monoisotopic (exact) mass is 380 g/mol. The molecule has 0 saturated carbocycles. The van der Waals surface area contributed by atoms with Crippen LogP contribution in [-0.2, 0) is 9.59 Å². The first-order valence-electron chi connectivity index (χ1n) is 7.65. The average Bonchev–Trinajstić information content (AvgIpc) is 2.52. The van der Waals surface area contributed by atoms with E-state index >= 15 is 0 Å². The molecular weight excluding hydrogens is 363 g/mol. The summed E-state index contributed by atoms with van der Waals surface area (Å²) < 4.78 is 5.63. The van der Waals surface area contributed by atoms with Crippen LogP contribution in [0.4, 0.5) is 11.4 Å². The summed E-state index contributed by atoms with van der Waals surface area (Å²) in [5.74, 6) is -0.413. The van der Waals surface area contributed by atoms with Crippen molar-refractivity contribution in [3.05, 3.63) is 52.5 Å². The molecule has 0 aliphatic carbocycles. The fraction of sp³-hybridized carbons (Fsp3) is 0.222.